The first-order valence-corrected chi connectivity index (χ1v) is 13.8. The van der Waals surface area contributed by atoms with E-state index in [1.165, 1.54) is 7.11 Å². The van der Waals surface area contributed by atoms with Gasteiger partial charge in [0.15, 0.2) is 6.23 Å². The van der Waals surface area contributed by atoms with E-state index < -0.39 is 21.8 Å². The summed E-state index contributed by atoms with van der Waals surface area (Å²) in [6.45, 7) is 5.04. The molecule has 4 rings (SSSR count). The SMILES string of the molecule is CCC(CCNC)c1cc(S(=O)(=O)NC2(C)CC2)cc2c1N=C(NOC)N(Cc1cnn(C)c1)C2O. The Morgan fingerprint density at radius 1 is 1.33 bits per heavy atom. The molecule has 0 amide bonds. The van der Waals surface area contributed by atoms with Crippen LogP contribution in [-0.4, -0.2) is 60.4 Å². The Morgan fingerprint density at radius 3 is 2.67 bits per heavy atom. The van der Waals surface area contributed by atoms with E-state index in [0.717, 1.165) is 43.4 Å². The van der Waals surface area contributed by atoms with E-state index in [1.807, 2.05) is 27.2 Å². The van der Waals surface area contributed by atoms with Crippen LogP contribution in [0.2, 0.25) is 0 Å². The molecule has 198 valence electrons. The number of fused-ring (bicyclic) bond motifs is 1. The molecule has 2 aromatic rings. The van der Waals surface area contributed by atoms with Crippen molar-refractivity contribution in [1.29, 1.82) is 0 Å². The number of hydroxylamine groups is 1. The lowest BCUT2D eigenvalue weighted by Crippen LogP contribution is -2.44. The molecule has 0 radical (unpaired) electrons. The third-order valence-electron chi connectivity index (χ3n) is 6.88. The Balaban J connectivity index is 1.84. The molecule has 11 nitrogen and oxygen atoms in total. The molecular formula is C24H37N7O4S. The van der Waals surface area contributed by atoms with E-state index in [1.54, 1.807) is 27.9 Å². The molecule has 1 aromatic carbocycles. The Labute approximate surface area is 212 Å². The first kappa shape index (κ1) is 26.6. The van der Waals surface area contributed by atoms with Gasteiger partial charge in [-0.05, 0) is 69.8 Å². The van der Waals surface area contributed by atoms with Gasteiger partial charge in [-0.1, -0.05) is 6.92 Å². The third-order valence-corrected chi connectivity index (χ3v) is 8.49. The summed E-state index contributed by atoms with van der Waals surface area (Å²) < 4.78 is 31.3. The average Bonchev–Trinajstić information content (AvgIpc) is 3.40. The summed E-state index contributed by atoms with van der Waals surface area (Å²) in [5, 5.41) is 19.0. The summed E-state index contributed by atoms with van der Waals surface area (Å²) in [6, 6.07) is 3.26. The Morgan fingerprint density at radius 2 is 2.08 bits per heavy atom. The highest BCUT2D eigenvalue weighted by Gasteiger charge is 2.42. The fourth-order valence-corrected chi connectivity index (χ4v) is 6.09. The summed E-state index contributed by atoms with van der Waals surface area (Å²) >= 11 is 0. The molecule has 2 atom stereocenters. The zero-order valence-electron chi connectivity index (χ0n) is 21.6. The minimum Gasteiger partial charge on any atom is -0.369 e. The number of aliphatic hydroxyl groups excluding tert-OH is 1. The maximum absolute atomic E-state index is 13.4. The van der Waals surface area contributed by atoms with Gasteiger partial charge in [-0.3, -0.25) is 9.52 Å². The number of aromatic nitrogens is 2. The first-order valence-electron chi connectivity index (χ1n) is 12.3. The molecule has 1 aromatic heterocycles. The molecule has 1 aliphatic carbocycles. The molecule has 1 aliphatic heterocycles. The Kier molecular flexibility index (Phi) is 7.72. The lowest BCUT2D eigenvalue weighted by Gasteiger charge is -2.36. The van der Waals surface area contributed by atoms with E-state index in [0.29, 0.717) is 23.8 Å². The summed E-state index contributed by atoms with van der Waals surface area (Å²) in [5.74, 6) is 0.382. The molecule has 36 heavy (non-hydrogen) atoms. The normalized spacial score (nSPS) is 19.6. The maximum atomic E-state index is 13.4. The van der Waals surface area contributed by atoms with Gasteiger partial charge in [-0.15, -0.1) is 0 Å². The number of hydrogen-bond acceptors (Lipinski definition) is 9. The lowest BCUT2D eigenvalue weighted by molar-refractivity contribution is 0.0278. The molecular weight excluding hydrogens is 482 g/mol. The van der Waals surface area contributed by atoms with Gasteiger partial charge >= 0.3 is 0 Å². The largest absolute Gasteiger partial charge is 0.369 e. The second-order valence-electron chi connectivity index (χ2n) is 9.88. The van der Waals surface area contributed by atoms with Crippen LogP contribution < -0.4 is 15.5 Å². The van der Waals surface area contributed by atoms with Crippen molar-refractivity contribution in [3.05, 3.63) is 41.2 Å². The van der Waals surface area contributed by atoms with E-state index in [4.69, 9.17) is 9.83 Å². The van der Waals surface area contributed by atoms with Crippen molar-refractivity contribution >= 4 is 21.7 Å². The zero-order valence-corrected chi connectivity index (χ0v) is 22.4. The van der Waals surface area contributed by atoms with Crippen molar-refractivity contribution in [3.63, 3.8) is 0 Å². The number of guanidine groups is 1. The first-order chi connectivity index (χ1) is 17.1. The fourth-order valence-electron chi connectivity index (χ4n) is 4.55. The minimum absolute atomic E-state index is 0.0440. The number of aliphatic hydroxyl groups is 1. The van der Waals surface area contributed by atoms with E-state index in [-0.39, 0.29) is 10.8 Å². The molecule has 2 unspecified atom stereocenters. The van der Waals surface area contributed by atoms with E-state index >= 15 is 0 Å². The van der Waals surface area contributed by atoms with Crippen LogP contribution in [0, 0.1) is 0 Å². The van der Waals surface area contributed by atoms with Gasteiger partial charge in [0.25, 0.3) is 0 Å². The lowest BCUT2D eigenvalue weighted by atomic mass is 9.89. The fraction of sp³-hybridized carbons (Fsp3) is 0.583. The number of nitrogens with zero attached hydrogens (tertiary/aromatic N) is 4. The quantitative estimate of drug-likeness (QED) is 0.331. The number of nitrogens with one attached hydrogen (secondary N) is 3. The molecule has 2 aliphatic rings. The Bertz CT molecular complexity index is 1220. The van der Waals surface area contributed by atoms with Crippen molar-refractivity contribution in [1.82, 2.24) is 30.2 Å². The number of hydrogen-bond donors (Lipinski definition) is 4. The van der Waals surface area contributed by atoms with Crippen molar-refractivity contribution in [3.8, 4) is 0 Å². The van der Waals surface area contributed by atoms with Gasteiger partial charge in [0.05, 0.1) is 30.4 Å². The molecule has 2 heterocycles. The number of aliphatic imine (C=N–C) groups is 1. The molecule has 0 saturated heterocycles. The van der Waals surface area contributed by atoms with E-state index in [2.05, 4.69) is 27.5 Å². The van der Waals surface area contributed by atoms with Crippen LogP contribution in [0.4, 0.5) is 5.69 Å². The Hall–Kier alpha value is -2.51. The molecule has 12 heteroatoms. The number of rotatable bonds is 11. The van der Waals surface area contributed by atoms with Crippen molar-refractivity contribution in [2.24, 2.45) is 12.0 Å². The van der Waals surface area contributed by atoms with Crippen LogP contribution in [0.15, 0.2) is 34.4 Å². The number of sulfonamides is 1. The third kappa shape index (κ3) is 5.57. The van der Waals surface area contributed by atoms with Crippen LogP contribution in [0.1, 0.15) is 68.4 Å². The van der Waals surface area contributed by atoms with Crippen LogP contribution in [-0.2, 0) is 28.5 Å². The highest BCUT2D eigenvalue weighted by Crippen LogP contribution is 2.43. The molecule has 0 spiro atoms. The van der Waals surface area contributed by atoms with Crippen LogP contribution in [0.3, 0.4) is 0 Å². The van der Waals surface area contributed by atoms with Crippen LogP contribution >= 0.6 is 0 Å². The minimum atomic E-state index is -3.79. The molecule has 4 N–H and O–H groups in total. The predicted molar refractivity (Wildman–Crippen MR) is 137 cm³/mol. The van der Waals surface area contributed by atoms with Crippen molar-refractivity contribution in [2.75, 3.05) is 20.7 Å². The second kappa shape index (κ2) is 10.5. The number of benzene rings is 1. The van der Waals surface area contributed by atoms with Crippen LogP contribution in [0.5, 0.6) is 0 Å². The van der Waals surface area contributed by atoms with Gasteiger partial charge in [0.1, 0.15) is 0 Å². The van der Waals surface area contributed by atoms with Gasteiger partial charge in [-0.2, -0.15) is 5.10 Å². The van der Waals surface area contributed by atoms with Gasteiger partial charge in [0.2, 0.25) is 16.0 Å². The average molecular weight is 520 g/mol. The monoisotopic (exact) mass is 519 g/mol. The smallest absolute Gasteiger partial charge is 0.241 e. The molecule has 0 bridgehead atoms. The topological polar surface area (TPSA) is 133 Å². The summed E-state index contributed by atoms with van der Waals surface area (Å²) in [5.41, 5.74) is 5.05. The second-order valence-corrected chi connectivity index (χ2v) is 11.6. The van der Waals surface area contributed by atoms with Crippen molar-refractivity contribution in [2.45, 2.75) is 68.7 Å². The highest BCUT2D eigenvalue weighted by molar-refractivity contribution is 7.89. The molecule has 1 saturated carbocycles. The predicted octanol–water partition coefficient (Wildman–Crippen LogP) is 2.00. The zero-order chi connectivity index (χ0) is 26.1. The van der Waals surface area contributed by atoms with E-state index in [9.17, 15) is 13.5 Å². The standard InChI is InChI=1S/C24H37N7O4S/c1-6-17(7-10-25-3)19-11-18(36(33,34)29-24(2)8-9-24)12-20-21(19)27-23(28-35-5)31(22(20)32)15-16-13-26-30(4)14-16/h11-14,17,22,25,29,32H,6-10,15H2,1-5H3,(H,27,28). The van der Waals surface area contributed by atoms with Gasteiger partial charge < -0.3 is 15.3 Å². The molecule has 1 fully saturated rings. The van der Waals surface area contributed by atoms with Crippen molar-refractivity contribution < 1.29 is 18.4 Å². The summed E-state index contributed by atoms with van der Waals surface area (Å²) in [6.07, 6.45) is 5.62. The van der Waals surface area contributed by atoms with Gasteiger partial charge in [0, 0.05) is 29.9 Å². The summed E-state index contributed by atoms with van der Waals surface area (Å²) in [4.78, 5) is 11.8. The highest BCUT2D eigenvalue weighted by atomic mass is 32.2. The summed E-state index contributed by atoms with van der Waals surface area (Å²) in [7, 11) is 1.40. The maximum Gasteiger partial charge on any atom is 0.241 e. The van der Waals surface area contributed by atoms with Gasteiger partial charge in [-0.25, -0.2) is 23.6 Å². The number of aryl methyl sites for hydroxylation is 1. The van der Waals surface area contributed by atoms with Crippen LogP contribution in [0.25, 0.3) is 0 Å².